The Bertz CT molecular complexity index is 536. The predicted octanol–water partition coefficient (Wildman–Crippen LogP) is 3.12. The number of nitrogens with zero attached hydrogens (tertiary/aromatic N) is 2. The van der Waals surface area contributed by atoms with E-state index in [4.69, 9.17) is 16.3 Å². The summed E-state index contributed by atoms with van der Waals surface area (Å²) in [4.78, 5) is 0. The van der Waals surface area contributed by atoms with Crippen LogP contribution in [0.3, 0.4) is 0 Å². The fourth-order valence-electron chi connectivity index (χ4n) is 2.30. The van der Waals surface area contributed by atoms with Gasteiger partial charge >= 0.3 is 0 Å². The van der Waals surface area contributed by atoms with Crippen LogP contribution >= 0.6 is 11.6 Å². The summed E-state index contributed by atoms with van der Waals surface area (Å²) in [6.07, 6.45) is 5.74. The van der Waals surface area contributed by atoms with Gasteiger partial charge < -0.3 is 10.1 Å². The maximum Gasteiger partial charge on any atom is 0.0877 e. The molecule has 1 aliphatic rings. The van der Waals surface area contributed by atoms with E-state index in [1.807, 2.05) is 35.1 Å². The molecule has 0 bridgehead atoms. The second kappa shape index (κ2) is 5.63. The minimum atomic E-state index is 0.432. The van der Waals surface area contributed by atoms with Crippen molar-refractivity contribution in [3.63, 3.8) is 0 Å². The van der Waals surface area contributed by atoms with Gasteiger partial charge in [0.15, 0.2) is 0 Å². The van der Waals surface area contributed by atoms with Gasteiger partial charge in [-0.25, -0.2) is 4.68 Å². The largest absolute Gasteiger partial charge is 0.381 e. The van der Waals surface area contributed by atoms with E-state index in [9.17, 15) is 0 Å². The zero-order chi connectivity index (χ0) is 13.1. The van der Waals surface area contributed by atoms with Gasteiger partial charge in [0.2, 0.25) is 0 Å². The fourth-order valence-corrected chi connectivity index (χ4v) is 2.47. The summed E-state index contributed by atoms with van der Waals surface area (Å²) in [5.74, 6) is 0. The molecule has 0 spiro atoms. The second-order valence-corrected chi connectivity index (χ2v) is 5.08. The Morgan fingerprint density at radius 1 is 1.32 bits per heavy atom. The molecule has 1 saturated heterocycles. The van der Waals surface area contributed by atoms with Crippen molar-refractivity contribution >= 4 is 17.3 Å². The molecule has 100 valence electrons. The van der Waals surface area contributed by atoms with Gasteiger partial charge in [-0.05, 0) is 37.1 Å². The van der Waals surface area contributed by atoms with E-state index >= 15 is 0 Å². The summed E-state index contributed by atoms with van der Waals surface area (Å²) in [7, 11) is 0. The number of nitrogens with one attached hydrogen (secondary N) is 1. The maximum absolute atomic E-state index is 6.10. The molecule has 2 heterocycles. The third-order valence-electron chi connectivity index (χ3n) is 3.29. The molecule has 3 rings (SSSR count). The van der Waals surface area contributed by atoms with Crippen molar-refractivity contribution in [2.24, 2.45) is 0 Å². The van der Waals surface area contributed by atoms with Gasteiger partial charge in [-0.15, -0.1) is 0 Å². The number of hydrogen-bond donors (Lipinski definition) is 1. The molecule has 0 saturated carbocycles. The summed E-state index contributed by atoms with van der Waals surface area (Å²) in [5.41, 5.74) is 2.03. The lowest BCUT2D eigenvalue weighted by Gasteiger charge is -2.25. The number of anilines is 1. The number of halogens is 1. The van der Waals surface area contributed by atoms with Crippen LogP contribution in [-0.4, -0.2) is 29.0 Å². The molecule has 0 atom stereocenters. The summed E-state index contributed by atoms with van der Waals surface area (Å²) in [5, 5.41) is 8.56. The lowest BCUT2D eigenvalue weighted by molar-refractivity contribution is 0.0904. The van der Waals surface area contributed by atoms with Crippen LogP contribution in [0.25, 0.3) is 5.69 Å². The summed E-state index contributed by atoms with van der Waals surface area (Å²) >= 11 is 6.10. The quantitative estimate of drug-likeness (QED) is 0.937. The molecule has 2 aromatic rings. The molecule has 1 fully saturated rings. The van der Waals surface area contributed by atoms with Crippen molar-refractivity contribution in [2.75, 3.05) is 18.5 Å². The Morgan fingerprint density at radius 2 is 2.16 bits per heavy atom. The van der Waals surface area contributed by atoms with Gasteiger partial charge in [0, 0.05) is 36.7 Å². The van der Waals surface area contributed by atoms with Gasteiger partial charge in [-0.3, -0.25) is 0 Å². The summed E-state index contributed by atoms with van der Waals surface area (Å²) in [6.45, 7) is 1.63. The van der Waals surface area contributed by atoms with Crippen molar-refractivity contribution in [2.45, 2.75) is 18.9 Å². The molecule has 5 heteroatoms. The van der Waals surface area contributed by atoms with Gasteiger partial charge in [0.25, 0.3) is 0 Å². The van der Waals surface area contributed by atoms with E-state index in [-0.39, 0.29) is 0 Å². The van der Waals surface area contributed by atoms with Crippen molar-refractivity contribution in [1.82, 2.24) is 9.78 Å². The predicted molar refractivity (Wildman–Crippen MR) is 76.0 cm³/mol. The molecule has 0 radical (unpaired) electrons. The Kier molecular flexibility index (Phi) is 3.71. The Balaban J connectivity index is 1.88. The Morgan fingerprint density at radius 3 is 2.89 bits per heavy atom. The third kappa shape index (κ3) is 2.91. The highest BCUT2D eigenvalue weighted by Crippen LogP contribution is 2.26. The monoisotopic (exact) mass is 277 g/mol. The lowest BCUT2D eigenvalue weighted by atomic mass is 10.1. The fraction of sp³-hybridized carbons (Fsp3) is 0.357. The van der Waals surface area contributed by atoms with E-state index in [1.54, 1.807) is 6.20 Å². The summed E-state index contributed by atoms with van der Waals surface area (Å²) < 4.78 is 7.23. The highest BCUT2D eigenvalue weighted by atomic mass is 35.5. The Hall–Kier alpha value is -1.52. The highest BCUT2D eigenvalue weighted by molar-refractivity contribution is 6.31. The molecule has 4 nitrogen and oxygen atoms in total. The smallest absolute Gasteiger partial charge is 0.0877 e. The van der Waals surface area contributed by atoms with Crippen LogP contribution in [0.2, 0.25) is 5.02 Å². The van der Waals surface area contributed by atoms with E-state index in [0.29, 0.717) is 6.04 Å². The number of benzene rings is 1. The molecule has 19 heavy (non-hydrogen) atoms. The zero-order valence-corrected chi connectivity index (χ0v) is 11.3. The van der Waals surface area contributed by atoms with Crippen LogP contribution in [0.4, 0.5) is 5.69 Å². The molecule has 0 unspecified atom stereocenters. The average Bonchev–Trinajstić information content (AvgIpc) is 2.94. The highest BCUT2D eigenvalue weighted by Gasteiger charge is 2.15. The molecular weight excluding hydrogens is 262 g/mol. The minimum Gasteiger partial charge on any atom is -0.381 e. The zero-order valence-electron chi connectivity index (χ0n) is 10.6. The number of aromatic nitrogens is 2. The number of ether oxygens (including phenoxy) is 1. The third-order valence-corrected chi connectivity index (χ3v) is 3.53. The maximum atomic E-state index is 6.10. The number of rotatable bonds is 3. The number of hydrogen-bond acceptors (Lipinski definition) is 3. The molecule has 0 amide bonds. The first-order valence-corrected chi connectivity index (χ1v) is 6.84. The van der Waals surface area contributed by atoms with Crippen molar-refractivity contribution in [1.29, 1.82) is 0 Å². The SMILES string of the molecule is Clc1ccc(-n2cccn2)c(NC2CCOCC2)c1. The first kappa shape index (κ1) is 12.5. The molecule has 1 N–H and O–H groups in total. The minimum absolute atomic E-state index is 0.432. The topological polar surface area (TPSA) is 39.1 Å². The van der Waals surface area contributed by atoms with E-state index in [0.717, 1.165) is 42.5 Å². The van der Waals surface area contributed by atoms with Crippen LogP contribution in [0.5, 0.6) is 0 Å². The first-order valence-electron chi connectivity index (χ1n) is 6.47. The van der Waals surface area contributed by atoms with Crippen molar-refractivity contribution in [3.8, 4) is 5.69 Å². The second-order valence-electron chi connectivity index (χ2n) is 4.64. The summed E-state index contributed by atoms with van der Waals surface area (Å²) in [6, 6.07) is 8.16. The molecule has 0 aliphatic carbocycles. The van der Waals surface area contributed by atoms with Crippen LogP contribution in [0, 0.1) is 0 Å². The van der Waals surface area contributed by atoms with Crippen molar-refractivity contribution in [3.05, 3.63) is 41.7 Å². The molecule has 1 aromatic heterocycles. The molecular formula is C14H16ClN3O. The average molecular weight is 278 g/mol. The first-order chi connectivity index (χ1) is 9.33. The van der Waals surface area contributed by atoms with Crippen LogP contribution in [-0.2, 0) is 4.74 Å². The van der Waals surface area contributed by atoms with Gasteiger partial charge in [-0.1, -0.05) is 11.6 Å². The van der Waals surface area contributed by atoms with Crippen LogP contribution < -0.4 is 5.32 Å². The van der Waals surface area contributed by atoms with Crippen LogP contribution in [0.1, 0.15) is 12.8 Å². The van der Waals surface area contributed by atoms with Gasteiger partial charge in [-0.2, -0.15) is 5.10 Å². The van der Waals surface area contributed by atoms with Crippen molar-refractivity contribution < 1.29 is 4.74 Å². The van der Waals surface area contributed by atoms with Gasteiger partial charge in [0.05, 0.1) is 11.4 Å². The molecule has 1 aliphatic heterocycles. The van der Waals surface area contributed by atoms with Crippen LogP contribution in [0.15, 0.2) is 36.7 Å². The lowest BCUT2D eigenvalue weighted by Crippen LogP contribution is -2.28. The van der Waals surface area contributed by atoms with E-state index < -0.39 is 0 Å². The molecule has 1 aromatic carbocycles. The normalized spacial score (nSPS) is 16.5. The van der Waals surface area contributed by atoms with E-state index in [1.165, 1.54) is 0 Å². The van der Waals surface area contributed by atoms with E-state index in [2.05, 4.69) is 10.4 Å². The Labute approximate surface area is 117 Å². The van der Waals surface area contributed by atoms with Gasteiger partial charge in [0.1, 0.15) is 0 Å². The standard InChI is InChI=1S/C14H16ClN3O/c15-11-2-3-14(18-7-1-6-16-18)13(10-11)17-12-4-8-19-9-5-12/h1-3,6-7,10,12,17H,4-5,8-9H2.